The minimum absolute atomic E-state index is 0.0879. The van der Waals surface area contributed by atoms with Crippen molar-refractivity contribution < 1.29 is 0 Å². The van der Waals surface area contributed by atoms with E-state index in [4.69, 9.17) is 5.73 Å². The van der Waals surface area contributed by atoms with Crippen LogP contribution in [0.4, 0.5) is 0 Å². The maximum atomic E-state index is 6.08. The molecule has 0 aliphatic heterocycles. The SMILES string of the molecule is NC1(CCc2nc(Br)n3ccncc23)CC1. The van der Waals surface area contributed by atoms with E-state index >= 15 is 0 Å². The zero-order valence-electron chi connectivity index (χ0n) is 8.86. The summed E-state index contributed by atoms with van der Waals surface area (Å²) < 4.78 is 2.83. The van der Waals surface area contributed by atoms with Gasteiger partial charge in [-0.25, -0.2) is 4.98 Å². The molecule has 0 saturated heterocycles. The molecule has 3 rings (SSSR count). The molecule has 4 nitrogen and oxygen atoms in total. The maximum Gasteiger partial charge on any atom is 0.182 e. The number of aromatic nitrogens is 3. The average molecular weight is 281 g/mol. The summed E-state index contributed by atoms with van der Waals surface area (Å²) in [7, 11) is 0. The molecule has 16 heavy (non-hydrogen) atoms. The normalized spacial score (nSPS) is 17.9. The van der Waals surface area contributed by atoms with Gasteiger partial charge in [-0.1, -0.05) is 0 Å². The van der Waals surface area contributed by atoms with Crippen LogP contribution >= 0.6 is 15.9 Å². The maximum absolute atomic E-state index is 6.08. The molecule has 0 aromatic carbocycles. The molecule has 0 atom stereocenters. The van der Waals surface area contributed by atoms with Gasteiger partial charge in [-0.15, -0.1) is 0 Å². The van der Waals surface area contributed by atoms with Crippen LogP contribution in [0, 0.1) is 0 Å². The van der Waals surface area contributed by atoms with Gasteiger partial charge in [0.1, 0.15) is 0 Å². The molecule has 0 amide bonds. The lowest BCUT2D eigenvalue weighted by atomic mass is 10.1. The van der Waals surface area contributed by atoms with Crippen molar-refractivity contribution in [2.45, 2.75) is 31.2 Å². The van der Waals surface area contributed by atoms with Gasteiger partial charge in [0.2, 0.25) is 0 Å². The van der Waals surface area contributed by atoms with E-state index < -0.39 is 0 Å². The molecule has 84 valence electrons. The molecule has 1 saturated carbocycles. The van der Waals surface area contributed by atoms with Crippen LogP contribution in [0.25, 0.3) is 5.52 Å². The number of halogens is 1. The molecule has 0 bridgehead atoms. The van der Waals surface area contributed by atoms with Crippen LogP contribution in [0.3, 0.4) is 0 Å². The average Bonchev–Trinajstić information content (AvgIpc) is 2.94. The van der Waals surface area contributed by atoms with E-state index in [0.29, 0.717) is 0 Å². The van der Waals surface area contributed by atoms with Crippen molar-refractivity contribution in [3.63, 3.8) is 0 Å². The molecule has 1 aliphatic rings. The van der Waals surface area contributed by atoms with Crippen LogP contribution in [0.5, 0.6) is 0 Å². The molecule has 2 aromatic heterocycles. The van der Waals surface area contributed by atoms with E-state index in [1.165, 1.54) is 0 Å². The van der Waals surface area contributed by atoms with Crippen molar-refractivity contribution in [2.75, 3.05) is 0 Å². The third-order valence-corrected chi connectivity index (χ3v) is 3.79. The Balaban J connectivity index is 1.91. The number of hydrogen-bond acceptors (Lipinski definition) is 3. The van der Waals surface area contributed by atoms with E-state index in [2.05, 4.69) is 25.9 Å². The minimum Gasteiger partial charge on any atom is -0.325 e. The van der Waals surface area contributed by atoms with Gasteiger partial charge in [0.05, 0.1) is 17.4 Å². The summed E-state index contributed by atoms with van der Waals surface area (Å²) in [5, 5.41) is 0. The summed E-state index contributed by atoms with van der Waals surface area (Å²) >= 11 is 3.45. The van der Waals surface area contributed by atoms with Crippen molar-refractivity contribution in [1.29, 1.82) is 0 Å². The summed E-state index contributed by atoms with van der Waals surface area (Å²) in [5.41, 5.74) is 8.32. The lowest BCUT2D eigenvalue weighted by molar-refractivity contribution is 0.605. The summed E-state index contributed by atoms with van der Waals surface area (Å²) in [6.45, 7) is 0. The Kier molecular flexibility index (Phi) is 2.26. The molecule has 1 fully saturated rings. The van der Waals surface area contributed by atoms with Crippen LogP contribution < -0.4 is 5.73 Å². The van der Waals surface area contributed by atoms with E-state index in [9.17, 15) is 0 Å². The van der Waals surface area contributed by atoms with Crippen LogP contribution in [0.15, 0.2) is 23.3 Å². The zero-order valence-corrected chi connectivity index (χ0v) is 10.4. The second-order valence-electron chi connectivity index (χ2n) is 4.52. The Morgan fingerprint density at radius 2 is 2.31 bits per heavy atom. The number of fused-ring (bicyclic) bond motifs is 1. The number of imidazole rings is 1. The fourth-order valence-corrected chi connectivity index (χ4v) is 2.44. The standard InChI is InChI=1S/C11H13BrN4/c12-10-15-8(1-2-11(13)3-4-11)9-7-14-5-6-16(9)10/h5-7H,1-4,13H2. The number of hydrogen-bond donors (Lipinski definition) is 1. The number of nitrogens with zero attached hydrogens (tertiary/aromatic N) is 3. The first-order chi connectivity index (χ1) is 7.68. The van der Waals surface area contributed by atoms with Crippen LogP contribution in [-0.2, 0) is 6.42 Å². The van der Waals surface area contributed by atoms with Gasteiger partial charge < -0.3 is 5.73 Å². The third-order valence-electron chi connectivity index (χ3n) is 3.23. The predicted molar refractivity (Wildman–Crippen MR) is 65.2 cm³/mol. The van der Waals surface area contributed by atoms with Crippen molar-refractivity contribution in [2.24, 2.45) is 5.73 Å². The molecular formula is C11H13BrN4. The lowest BCUT2D eigenvalue weighted by Gasteiger charge is -2.05. The van der Waals surface area contributed by atoms with Crippen LogP contribution in [-0.4, -0.2) is 19.9 Å². The van der Waals surface area contributed by atoms with E-state index in [-0.39, 0.29) is 5.54 Å². The van der Waals surface area contributed by atoms with Crippen molar-refractivity contribution >= 4 is 21.4 Å². The summed E-state index contributed by atoms with van der Waals surface area (Å²) in [5.74, 6) is 0. The van der Waals surface area contributed by atoms with Gasteiger partial charge in [-0.05, 0) is 41.6 Å². The van der Waals surface area contributed by atoms with E-state index in [0.717, 1.165) is 41.6 Å². The monoisotopic (exact) mass is 280 g/mol. The zero-order chi connectivity index (χ0) is 11.2. The topological polar surface area (TPSA) is 56.2 Å². The first-order valence-electron chi connectivity index (χ1n) is 5.43. The van der Waals surface area contributed by atoms with Gasteiger partial charge in [-0.2, -0.15) is 0 Å². The van der Waals surface area contributed by atoms with E-state index in [1.807, 2.05) is 16.8 Å². The van der Waals surface area contributed by atoms with E-state index in [1.54, 1.807) is 6.20 Å². The van der Waals surface area contributed by atoms with Crippen molar-refractivity contribution in [3.05, 3.63) is 29.0 Å². The second kappa shape index (κ2) is 3.53. The highest BCUT2D eigenvalue weighted by Crippen LogP contribution is 2.36. The first-order valence-corrected chi connectivity index (χ1v) is 6.23. The highest BCUT2D eigenvalue weighted by atomic mass is 79.9. The molecule has 2 aromatic rings. The molecule has 2 N–H and O–H groups in total. The third kappa shape index (κ3) is 1.74. The highest BCUT2D eigenvalue weighted by Gasteiger charge is 2.37. The minimum atomic E-state index is 0.0879. The molecule has 0 radical (unpaired) electrons. The van der Waals surface area contributed by atoms with Crippen molar-refractivity contribution in [3.8, 4) is 0 Å². The number of nitrogens with two attached hydrogens (primary N) is 1. The Labute approximate surface area is 102 Å². The molecular weight excluding hydrogens is 268 g/mol. The molecule has 1 aliphatic carbocycles. The lowest BCUT2D eigenvalue weighted by Crippen LogP contribution is -2.22. The molecule has 5 heteroatoms. The highest BCUT2D eigenvalue weighted by molar-refractivity contribution is 9.10. The number of rotatable bonds is 3. The summed E-state index contributed by atoms with van der Waals surface area (Å²) in [4.78, 5) is 8.64. The largest absolute Gasteiger partial charge is 0.325 e. The second-order valence-corrected chi connectivity index (χ2v) is 5.23. The molecule has 0 spiro atoms. The molecule has 2 heterocycles. The van der Waals surface area contributed by atoms with Crippen LogP contribution in [0.1, 0.15) is 25.0 Å². The van der Waals surface area contributed by atoms with Gasteiger partial charge in [0, 0.05) is 17.9 Å². The Morgan fingerprint density at radius 1 is 1.50 bits per heavy atom. The predicted octanol–water partition coefficient (Wildman–Crippen LogP) is 1.92. The van der Waals surface area contributed by atoms with Gasteiger partial charge in [-0.3, -0.25) is 9.38 Å². The smallest absolute Gasteiger partial charge is 0.182 e. The Morgan fingerprint density at radius 3 is 3.06 bits per heavy atom. The van der Waals surface area contributed by atoms with Gasteiger partial charge in [0.25, 0.3) is 0 Å². The summed E-state index contributed by atoms with van der Waals surface area (Å²) in [6, 6.07) is 0. The Bertz CT molecular complexity index is 530. The van der Waals surface area contributed by atoms with Gasteiger partial charge in [0.15, 0.2) is 4.73 Å². The van der Waals surface area contributed by atoms with Crippen LogP contribution in [0.2, 0.25) is 0 Å². The molecule has 0 unspecified atom stereocenters. The quantitative estimate of drug-likeness (QED) is 0.935. The summed E-state index contributed by atoms with van der Waals surface area (Å²) in [6.07, 6.45) is 9.76. The number of aryl methyl sites for hydroxylation is 1. The van der Waals surface area contributed by atoms with Gasteiger partial charge >= 0.3 is 0 Å². The fraction of sp³-hybridized carbons (Fsp3) is 0.455. The first kappa shape index (κ1) is 10.2. The van der Waals surface area contributed by atoms with Crippen molar-refractivity contribution in [1.82, 2.24) is 14.4 Å². The fourth-order valence-electron chi connectivity index (χ4n) is 1.92. The Hall–Kier alpha value is -0.940.